The summed E-state index contributed by atoms with van der Waals surface area (Å²) in [5, 5.41) is 3.99. The van der Waals surface area contributed by atoms with E-state index < -0.39 is 0 Å². The number of nitrogens with zero attached hydrogens (tertiary/aromatic N) is 2. The first kappa shape index (κ1) is 15.3. The van der Waals surface area contributed by atoms with E-state index in [-0.39, 0.29) is 11.9 Å². The van der Waals surface area contributed by atoms with Gasteiger partial charge in [0.15, 0.2) is 0 Å². The summed E-state index contributed by atoms with van der Waals surface area (Å²) >= 11 is 6.18. The Morgan fingerprint density at radius 2 is 1.95 bits per heavy atom. The van der Waals surface area contributed by atoms with Crippen LogP contribution in [0, 0.1) is 0 Å². The van der Waals surface area contributed by atoms with Crippen LogP contribution in [0.2, 0.25) is 5.02 Å². The monoisotopic (exact) mass is 303 g/mol. The van der Waals surface area contributed by atoms with Gasteiger partial charge in [0.25, 0.3) is 5.91 Å². The number of hydrogen-bond donors (Lipinski definition) is 1. The molecule has 1 heterocycles. The third-order valence-corrected chi connectivity index (χ3v) is 3.50. The van der Waals surface area contributed by atoms with Crippen molar-refractivity contribution in [3.63, 3.8) is 0 Å². The quantitative estimate of drug-likeness (QED) is 0.938. The zero-order chi connectivity index (χ0) is 15.4. The van der Waals surface area contributed by atoms with Crippen LogP contribution in [0.4, 0.5) is 5.82 Å². The van der Waals surface area contributed by atoms with Gasteiger partial charge in [0, 0.05) is 25.3 Å². The van der Waals surface area contributed by atoms with Crippen molar-refractivity contribution in [1.29, 1.82) is 0 Å². The molecule has 21 heavy (non-hydrogen) atoms. The molecule has 0 bridgehead atoms. The van der Waals surface area contributed by atoms with Crippen LogP contribution in [-0.2, 0) is 0 Å². The molecule has 1 atom stereocenters. The molecule has 0 radical (unpaired) electrons. The van der Waals surface area contributed by atoms with E-state index in [1.165, 1.54) is 4.90 Å². The average Bonchev–Trinajstić information content (AvgIpc) is 2.47. The number of halogens is 1. The van der Waals surface area contributed by atoms with Crippen molar-refractivity contribution >= 4 is 23.3 Å². The number of hydrogen-bond acceptors (Lipinski definition) is 3. The zero-order valence-electron chi connectivity index (χ0n) is 12.3. The van der Waals surface area contributed by atoms with Crippen LogP contribution in [0.5, 0.6) is 0 Å². The van der Waals surface area contributed by atoms with Crippen LogP contribution in [0.25, 0.3) is 0 Å². The number of carbonyl (C=O) groups excluding carboxylic acids is 1. The Hall–Kier alpha value is -2.07. The van der Waals surface area contributed by atoms with Crippen molar-refractivity contribution in [3.05, 3.63) is 58.7 Å². The Labute approximate surface area is 129 Å². The number of carbonyl (C=O) groups is 1. The van der Waals surface area contributed by atoms with E-state index in [1.54, 1.807) is 32.4 Å². The molecule has 4 nitrogen and oxygen atoms in total. The van der Waals surface area contributed by atoms with E-state index in [1.807, 2.05) is 31.2 Å². The molecule has 0 spiro atoms. The van der Waals surface area contributed by atoms with Gasteiger partial charge in [0.05, 0.1) is 11.6 Å². The Morgan fingerprint density at radius 3 is 2.52 bits per heavy atom. The largest absolute Gasteiger partial charge is 0.363 e. The molecule has 0 fully saturated rings. The molecule has 0 saturated heterocycles. The third-order valence-electron chi connectivity index (χ3n) is 3.15. The maximum atomic E-state index is 11.8. The number of rotatable bonds is 4. The van der Waals surface area contributed by atoms with Gasteiger partial charge in [0.1, 0.15) is 5.82 Å². The molecule has 1 aromatic carbocycles. The number of nitrogens with one attached hydrogen (secondary N) is 1. The molecule has 1 unspecified atom stereocenters. The van der Waals surface area contributed by atoms with E-state index in [0.29, 0.717) is 11.4 Å². The van der Waals surface area contributed by atoms with Gasteiger partial charge in [-0.2, -0.15) is 0 Å². The molecule has 1 N–H and O–H groups in total. The fraction of sp³-hybridized carbons (Fsp3) is 0.250. The summed E-state index contributed by atoms with van der Waals surface area (Å²) in [6, 6.07) is 11.3. The number of benzene rings is 1. The van der Waals surface area contributed by atoms with Crippen LogP contribution in [0.3, 0.4) is 0 Å². The van der Waals surface area contributed by atoms with E-state index >= 15 is 0 Å². The van der Waals surface area contributed by atoms with E-state index in [9.17, 15) is 4.79 Å². The standard InChI is InChI=1S/C16H18ClN3O/c1-11(13-6-4-5-7-14(13)17)19-15-9-8-12(10-18-15)16(21)20(2)3/h4-11H,1-3H3,(H,18,19). The van der Waals surface area contributed by atoms with Gasteiger partial charge in [-0.05, 0) is 30.7 Å². The van der Waals surface area contributed by atoms with Gasteiger partial charge in [-0.15, -0.1) is 0 Å². The van der Waals surface area contributed by atoms with Crippen LogP contribution in [0.15, 0.2) is 42.6 Å². The van der Waals surface area contributed by atoms with Gasteiger partial charge >= 0.3 is 0 Å². The molecule has 0 aliphatic heterocycles. The summed E-state index contributed by atoms with van der Waals surface area (Å²) in [7, 11) is 3.43. The lowest BCUT2D eigenvalue weighted by Crippen LogP contribution is -2.21. The highest BCUT2D eigenvalue weighted by Gasteiger charge is 2.11. The average molecular weight is 304 g/mol. The summed E-state index contributed by atoms with van der Waals surface area (Å²) in [6.07, 6.45) is 1.57. The first-order valence-corrected chi connectivity index (χ1v) is 7.05. The van der Waals surface area contributed by atoms with Gasteiger partial charge in [-0.25, -0.2) is 4.98 Å². The van der Waals surface area contributed by atoms with Gasteiger partial charge in [-0.3, -0.25) is 4.79 Å². The molecule has 1 aromatic heterocycles. The number of anilines is 1. The molecule has 110 valence electrons. The summed E-state index contributed by atoms with van der Waals surface area (Å²) in [5.74, 6) is 0.644. The van der Waals surface area contributed by atoms with Gasteiger partial charge in [0.2, 0.25) is 0 Å². The second-order valence-corrected chi connectivity index (χ2v) is 5.43. The molecule has 0 saturated carbocycles. The SMILES string of the molecule is CC(Nc1ccc(C(=O)N(C)C)cn1)c1ccccc1Cl. The minimum atomic E-state index is -0.0618. The highest BCUT2D eigenvalue weighted by atomic mass is 35.5. The maximum Gasteiger partial charge on any atom is 0.254 e. The van der Waals surface area contributed by atoms with Crippen molar-refractivity contribution < 1.29 is 4.79 Å². The minimum absolute atomic E-state index is 0.0293. The Kier molecular flexibility index (Phi) is 4.81. The highest BCUT2D eigenvalue weighted by molar-refractivity contribution is 6.31. The number of aromatic nitrogens is 1. The van der Waals surface area contributed by atoms with Crippen molar-refractivity contribution in [2.75, 3.05) is 19.4 Å². The summed E-state index contributed by atoms with van der Waals surface area (Å²) in [4.78, 5) is 17.6. The molecule has 1 amide bonds. The Balaban J connectivity index is 2.10. The fourth-order valence-corrected chi connectivity index (χ4v) is 2.29. The summed E-state index contributed by atoms with van der Waals surface area (Å²) in [5.41, 5.74) is 1.57. The third kappa shape index (κ3) is 3.73. The van der Waals surface area contributed by atoms with Crippen molar-refractivity contribution in [2.45, 2.75) is 13.0 Å². The van der Waals surface area contributed by atoms with Gasteiger partial charge in [-0.1, -0.05) is 29.8 Å². The molecular formula is C16H18ClN3O. The van der Waals surface area contributed by atoms with Crippen molar-refractivity contribution in [2.24, 2.45) is 0 Å². The van der Waals surface area contributed by atoms with Crippen LogP contribution in [-0.4, -0.2) is 29.9 Å². The van der Waals surface area contributed by atoms with E-state index in [2.05, 4.69) is 10.3 Å². The predicted molar refractivity (Wildman–Crippen MR) is 85.7 cm³/mol. The predicted octanol–water partition coefficient (Wildman–Crippen LogP) is 3.61. The fourth-order valence-electron chi connectivity index (χ4n) is 1.99. The van der Waals surface area contributed by atoms with E-state index in [0.717, 1.165) is 10.6 Å². The first-order valence-electron chi connectivity index (χ1n) is 6.67. The first-order chi connectivity index (χ1) is 9.99. The second-order valence-electron chi connectivity index (χ2n) is 5.02. The van der Waals surface area contributed by atoms with Crippen LogP contribution < -0.4 is 5.32 Å². The smallest absolute Gasteiger partial charge is 0.254 e. The Morgan fingerprint density at radius 1 is 1.24 bits per heavy atom. The Bertz CT molecular complexity index is 626. The summed E-state index contributed by atoms with van der Waals surface area (Å²) in [6.45, 7) is 2.02. The van der Waals surface area contributed by atoms with Crippen molar-refractivity contribution in [1.82, 2.24) is 9.88 Å². The molecule has 2 rings (SSSR count). The van der Waals surface area contributed by atoms with Crippen LogP contribution in [0.1, 0.15) is 28.9 Å². The van der Waals surface area contributed by atoms with Crippen LogP contribution >= 0.6 is 11.6 Å². The highest BCUT2D eigenvalue weighted by Crippen LogP contribution is 2.24. The molecule has 0 aliphatic rings. The minimum Gasteiger partial charge on any atom is -0.363 e. The number of pyridine rings is 1. The van der Waals surface area contributed by atoms with Gasteiger partial charge < -0.3 is 10.2 Å². The normalized spacial score (nSPS) is 11.8. The van der Waals surface area contributed by atoms with Crippen molar-refractivity contribution in [3.8, 4) is 0 Å². The topological polar surface area (TPSA) is 45.2 Å². The molecule has 5 heteroatoms. The lowest BCUT2D eigenvalue weighted by molar-refractivity contribution is 0.0827. The molecule has 2 aromatic rings. The number of amides is 1. The summed E-state index contributed by atoms with van der Waals surface area (Å²) < 4.78 is 0. The van der Waals surface area contributed by atoms with E-state index in [4.69, 9.17) is 11.6 Å². The zero-order valence-corrected chi connectivity index (χ0v) is 13.1. The lowest BCUT2D eigenvalue weighted by Gasteiger charge is -2.16. The maximum absolute atomic E-state index is 11.8. The molecular weight excluding hydrogens is 286 g/mol. The lowest BCUT2D eigenvalue weighted by atomic mass is 10.1. The second kappa shape index (κ2) is 6.59. The molecule has 0 aliphatic carbocycles.